The van der Waals surface area contributed by atoms with E-state index in [1.165, 1.54) is 0 Å². The number of imidazole rings is 2. The van der Waals surface area contributed by atoms with Crippen molar-refractivity contribution in [1.29, 1.82) is 0 Å². The molecular formula is C19H19N5OS. The zero-order valence-corrected chi connectivity index (χ0v) is 15.0. The van der Waals surface area contributed by atoms with Crippen molar-refractivity contribution in [3.05, 3.63) is 66.3 Å². The Bertz CT molecular complexity index is 988. The number of carbonyl (C=O) groups excluding carboxylic acids is 1. The van der Waals surface area contributed by atoms with Crippen LogP contribution in [0.5, 0.6) is 0 Å². The predicted molar refractivity (Wildman–Crippen MR) is 102 cm³/mol. The van der Waals surface area contributed by atoms with Gasteiger partial charge in [0.1, 0.15) is 0 Å². The highest BCUT2D eigenvalue weighted by atomic mass is 32.1. The first-order valence-corrected chi connectivity index (χ1v) is 9.41. The highest BCUT2D eigenvalue weighted by Crippen LogP contribution is 2.23. The van der Waals surface area contributed by atoms with Crippen molar-refractivity contribution in [3.8, 4) is 11.3 Å². The number of aromatic nitrogens is 4. The number of benzene rings is 1. The van der Waals surface area contributed by atoms with Gasteiger partial charge >= 0.3 is 0 Å². The summed E-state index contributed by atoms with van der Waals surface area (Å²) in [5, 5.41) is 4.99. The topological polar surface area (TPSA) is 64.2 Å². The number of nitrogens with one attached hydrogen (secondary N) is 1. The number of hydrogen-bond donors (Lipinski definition) is 1. The van der Waals surface area contributed by atoms with E-state index in [1.54, 1.807) is 23.9 Å². The van der Waals surface area contributed by atoms with Gasteiger partial charge in [0.2, 0.25) is 5.91 Å². The van der Waals surface area contributed by atoms with Gasteiger partial charge in [0, 0.05) is 48.3 Å². The fourth-order valence-electron chi connectivity index (χ4n) is 2.84. The second-order valence-electron chi connectivity index (χ2n) is 6.05. The van der Waals surface area contributed by atoms with E-state index in [-0.39, 0.29) is 5.91 Å². The fraction of sp³-hybridized carbons (Fsp3) is 0.211. The van der Waals surface area contributed by atoms with E-state index in [4.69, 9.17) is 0 Å². The molecule has 0 aliphatic heterocycles. The molecular weight excluding hydrogens is 346 g/mol. The largest absolute Gasteiger partial charge is 0.356 e. The lowest BCUT2D eigenvalue weighted by Crippen LogP contribution is -2.27. The maximum Gasteiger partial charge on any atom is 0.225 e. The van der Waals surface area contributed by atoms with E-state index >= 15 is 0 Å². The van der Waals surface area contributed by atoms with Gasteiger partial charge in [0.05, 0.1) is 18.4 Å². The molecule has 0 saturated carbocycles. The van der Waals surface area contributed by atoms with Crippen LogP contribution in [0.1, 0.15) is 12.1 Å². The smallest absolute Gasteiger partial charge is 0.225 e. The highest BCUT2D eigenvalue weighted by Gasteiger charge is 2.12. The molecule has 0 radical (unpaired) electrons. The predicted octanol–water partition coefficient (Wildman–Crippen LogP) is 3.01. The number of amides is 1. The van der Waals surface area contributed by atoms with Crippen LogP contribution in [-0.2, 0) is 17.8 Å². The SMILES string of the molecule is O=C(Cc1csc2nc(-c3ccccc3)cn12)NCCCn1ccnc1. The average molecular weight is 365 g/mol. The Kier molecular flexibility index (Phi) is 4.79. The minimum absolute atomic E-state index is 0.0327. The molecule has 0 fully saturated rings. The van der Waals surface area contributed by atoms with Gasteiger partial charge in [-0.15, -0.1) is 11.3 Å². The Labute approximate surface area is 155 Å². The number of rotatable bonds is 7. The van der Waals surface area contributed by atoms with E-state index in [2.05, 4.69) is 15.3 Å². The van der Waals surface area contributed by atoms with Crippen LogP contribution in [0.4, 0.5) is 0 Å². The Morgan fingerprint density at radius 3 is 2.92 bits per heavy atom. The van der Waals surface area contributed by atoms with Crippen LogP contribution in [0.15, 0.2) is 60.6 Å². The summed E-state index contributed by atoms with van der Waals surface area (Å²) in [6.45, 7) is 1.51. The van der Waals surface area contributed by atoms with E-state index in [1.807, 2.05) is 57.1 Å². The van der Waals surface area contributed by atoms with Gasteiger partial charge < -0.3 is 9.88 Å². The van der Waals surface area contributed by atoms with Crippen LogP contribution in [0.25, 0.3) is 16.2 Å². The zero-order chi connectivity index (χ0) is 17.8. The maximum absolute atomic E-state index is 12.2. The summed E-state index contributed by atoms with van der Waals surface area (Å²) < 4.78 is 4.02. The Hall–Kier alpha value is -2.93. The van der Waals surface area contributed by atoms with Crippen molar-refractivity contribution in [2.24, 2.45) is 0 Å². The van der Waals surface area contributed by atoms with Crippen molar-refractivity contribution in [1.82, 2.24) is 24.3 Å². The number of carbonyl (C=O) groups is 1. The second kappa shape index (κ2) is 7.53. The molecule has 6 nitrogen and oxygen atoms in total. The Morgan fingerprint density at radius 1 is 1.23 bits per heavy atom. The van der Waals surface area contributed by atoms with E-state index in [0.717, 1.165) is 34.9 Å². The molecule has 3 heterocycles. The molecule has 0 saturated heterocycles. The third-order valence-corrected chi connectivity index (χ3v) is 5.06. The molecule has 4 rings (SSSR count). The number of thiazole rings is 1. The first-order valence-electron chi connectivity index (χ1n) is 8.53. The van der Waals surface area contributed by atoms with Gasteiger partial charge in [0.25, 0.3) is 0 Å². The summed E-state index contributed by atoms with van der Waals surface area (Å²) in [6, 6.07) is 10.1. The summed E-state index contributed by atoms with van der Waals surface area (Å²) in [4.78, 5) is 21.8. The van der Waals surface area contributed by atoms with E-state index < -0.39 is 0 Å². The number of nitrogens with zero attached hydrogens (tertiary/aromatic N) is 4. The van der Waals surface area contributed by atoms with Crippen molar-refractivity contribution in [3.63, 3.8) is 0 Å². The summed E-state index contributed by atoms with van der Waals surface area (Å²) in [5.74, 6) is 0.0327. The molecule has 0 bridgehead atoms. The fourth-order valence-corrected chi connectivity index (χ4v) is 3.71. The zero-order valence-electron chi connectivity index (χ0n) is 14.2. The van der Waals surface area contributed by atoms with E-state index in [0.29, 0.717) is 13.0 Å². The van der Waals surface area contributed by atoms with Gasteiger partial charge in [-0.25, -0.2) is 9.97 Å². The van der Waals surface area contributed by atoms with Crippen LogP contribution in [0.3, 0.4) is 0 Å². The molecule has 0 aliphatic rings. The van der Waals surface area contributed by atoms with Crippen LogP contribution >= 0.6 is 11.3 Å². The Morgan fingerprint density at radius 2 is 2.12 bits per heavy atom. The molecule has 0 unspecified atom stereocenters. The molecule has 7 heteroatoms. The molecule has 0 spiro atoms. The van der Waals surface area contributed by atoms with Crippen molar-refractivity contribution in [2.45, 2.75) is 19.4 Å². The first kappa shape index (κ1) is 16.5. The quantitative estimate of drug-likeness (QED) is 0.512. The minimum atomic E-state index is 0.0327. The molecule has 1 aromatic carbocycles. The molecule has 132 valence electrons. The second-order valence-corrected chi connectivity index (χ2v) is 6.89. The van der Waals surface area contributed by atoms with Crippen molar-refractivity contribution < 1.29 is 4.79 Å². The summed E-state index contributed by atoms with van der Waals surface area (Å²) >= 11 is 1.56. The molecule has 26 heavy (non-hydrogen) atoms. The Balaban J connectivity index is 1.36. The van der Waals surface area contributed by atoms with Crippen LogP contribution < -0.4 is 5.32 Å². The van der Waals surface area contributed by atoms with Crippen LogP contribution in [-0.4, -0.2) is 31.4 Å². The third kappa shape index (κ3) is 3.67. The number of fused-ring (bicyclic) bond motifs is 1. The number of hydrogen-bond acceptors (Lipinski definition) is 4. The standard InChI is InChI=1S/C19H19N5OS/c25-18(21-7-4-9-23-10-8-20-14-23)11-16-13-26-19-22-17(12-24(16)19)15-5-2-1-3-6-15/h1-3,5-6,8,10,12-14H,4,7,9,11H2,(H,21,25). The molecule has 1 N–H and O–H groups in total. The van der Waals surface area contributed by atoms with Gasteiger partial charge in [-0.1, -0.05) is 30.3 Å². The van der Waals surface area contributed by atoms with E-state index in [9.17, 15) is 4.79 Å². The lowest BCUT2D eigenvalue weighted by molar-refractivity contribution is -0.120. The normalized spacial score (nSPS) is 11.1. The molecule has 0 aliphatic carbocycles. The van der Waals surface area contributed by atoms with Gasteiger partial charge in [0.15, 0.2) is 4.96 Å². The number of aryl methyl sites for hydroxylation is 1. The lowest BCUT2D eigenvalue weighted by atomic mass is 10.2. The molecule has 4 aromatic rings. The maximum atomic E-state index is 12.2. The average Bonchev–Trinajstić information content (AvgIpc) is 3.38. The third-order valence-electron chi connectivity index (χ3n) is 4.17. The molecule has 0 atom stereocenters. The summed E-state index contributed by atoms with van der Waals surface area (Å²) in [7, 11) is 0. The molecule has 1 amide bonds. The van der Waals surface area contributed by atoms with Gasteiger partial charge in [-0.3, -0.25) is 9.20 Å². The van der Waals surface area contributed by atoms with Gasteiger partial charge in [-0.05, 0) is 6.42 Å². The van der Waals surface area contributed by atoms with Crippen LogP contribution in [0, 0.1) is 0 Å². The minimum Gasteiger partial charge on any atom is -0.356 e. The molecule has 3 aromatic heterocycles. The summed E-state index contributed by atoms with van der Waals surface area (Å²) in [5.41, 5.74) is 2.98. The van der Waals surface area contributed by atoms with Gasteiger partial charge in [-0.2, -0.15) is 0 Å². The monoisotopic (exact) mass is 365 g/mol. The summed E-state index contributed by atoms with van der Waals surface area (Å²) in [6.07, 6.45) is 8.71. The lowest BCUT2D eigenvalue weighted by Gasteiger charge is -2.05. The van der Waals surface area contributed by atoms with Crippen molar-refractivity contribution in [2.75, 3.05) is 6.54 Å². The van der Waals surface area contributed by atoms with Crippen LogP contribution in [0.2, 0.25) is 0 Å². The first-order chi connectivity index (χ1) is 12.8. The highest BCUT2D eigenvalue weighted by molar-refractivity contribution is 7.15. The van der Waals surface area contributed by atoms with Crippen molar-refractivity contribution >= 4 is 22.2 Å².